The quantitative estimate of drug-likeness (QED) is 0.348. The van der Waals surface area contributed by atoms with Gasteiger partial charge in [0.05, 0.1) is 16.9 Å². The predicted octanol–water partition coefficient (Wildman–Crippen LogP) is 4.81. The molecule has 39 heavy (non-hydrogen) atoms. The van der Waals surface area contributed by atoms with E-state index in [4.69, 9.17) is 13.6 Å². The molecule has 1 aliphatic heterocycles. The average Bonchev–Trinajstić information content (AvgIpc) is 2.93. The van der Waals surface area contributed by atoms with E-state index in [9.17, 15) is 19.8 Å². The van der Waals surface area contributed by atoms with Gasteiger partial charge in [0.15, 0.2) is 23.1 Å². The lowest BCUT2D eigenvalue weighted by molar-refractivity contribution is -0.0819. The molecule has 0 saturated heterocycles. The van der Waals surface area contributed by atoms with Gasteiger partial charge in [-0.05, 0) is 36.6 Å². The third kappa shape index (κ3) is 4.43. The van der Waals surface area contributed by atoms with E-state index in [1.807, 2.05) is 49.4 Å². The van der Waals surface area contributed by atoms with Crippen LogP contribution < -0.4 is 15.6 Å². The SMILES string of the molecule is CC/C=C\C=C/c1cc(=O)c2c(o1)C(O)C1Oc3ccc4oc(CCc5ccccc5)cc(=O)c4c3C2C1O. The first kappa shape index (κ1) is 25.1. The molecule has 4 aromatic rings. The number of aliphatic hydroxyl groups is 2. The molecular weight excluding hydrogens is 496 g/mol. The summed E-state index contributed by atoms with van der Waals surface area (Å²) in [5, 5.41) is 22.5. The molecule has 0 radical (unpaired) electrons. The van der Waals surface area contributed by atoms with Crippen LogP contribution in [0.3, 0.4) is 0 Å². The Labute approximate surface area is 224 Å². The largest absolute Gasteiger partial charge is 0.484 e. The van der Waals surface area contributed by atoms with Crippen molar-refractivity contribution in [3.8, 4) is 5.75 Å². The smallest absolute Gasteiger partial charge is 0.193 e. The summed E-state index contributed by atoms with van der Waals surface area (Å²) in [7, 11) is 0. The van der Waals surface area contributed by atoms with Gasteiger partial charge >= 0.3 is 0 Å². The molecule has 1 aliphatic carbocycles. The molecule has 2 aliphatic rings. The number of allylic oxidation sites excluding steroid dienone is 3. The van der Waals surface area contributed by atoms with E-state index >= 15 is 0 Å². The van der Waals surface area contributed by atoms with E-state index in [1.54, 1.807) is 24.3 Å². The fourth-order valence-electron chi connectivity index (χ4n) is 5.56. The van der Waals surface area contributed by atoms with Gasteiger partial charge in [-0.15, -0.1) is 0 Å². The van der Waals surface area contributed by atoms with Gasteiger partial charge in [0.25, 0.3) is 0 Å². The highest BCUT2D eigenvalue weighted by molar-refractivity contribution is 5.85. The van der Waals surface area contributed by atoms with Crippen molar-refractivity contribution in [1.82, 2.24) is 0 Å². The molecule has 4 atom stereocenters. The van der Waals surface area contributed by atoms with Crippen LogP contribution in [-0.2, 0) is 12.8 Å². The molecule has 2 N–H and O–H groups in total. The van der Waals surface area contributed by atoms with Gasteiger partial charge in [-0.1, -0.05) is 55.5 Å². The van der Waals surface area contributed by atoms with Crippen LogP contribution in [0.1, 0.15) is 59.3 Å². The molecule has 7 nitrogen and oxygen atoms in total. The number of rotatable bonds is 6. The summed E-state index contributed by atoms with van der Waals surface area (Å²) in [5.41, 5.74) is 1.28. The van der Waals surface area contributed by atoms with Gasteiger partial charge in [-0.2, -0.15) is 0 Å². The van der Waals surface area contributed by atoms with Crippen molar-refractivity contribution >= 4 is 17.0 Å². The van der Waals surface area contributed by atoms with Gasteiger partial charge in [0.2, 0.25) is 0 Å². The second kappa shape index (κ2) is 10.2. The molecule has 2 bridgehead atoms. The van der Waals surface area contributed by atoms with Crippen LogP contribution in [0.5, 0.6) is 5.75 Å². The number of hydrogen-bond acceptors (Lipinski definition) is 7. The highest BCUT2D eigenvalue weighted by atomic mass is 16.5. The van der Waals surface area contributed by atoms with Crippen LogP contribution >= 0.6 is 0 Å². The molecule has 3 heterocycles. The van der Waals surface area contributed by atoms with Crippen molar-refractivity contribution in [2.45, 2.75) is 50.4 Å². The molecule has 6 rings (SSSR count). The van der Waals surface area contributed by atoms with Crippen LogP contribution in [0.2, 0.25) is 0 Å². The molecular formula is C32H28O7. The molecule has 0 saturated carbocycles. The molecule has 4 unspecified atom stereocenters. The maximum atomic E-state index is 13.5. The number of hydrogen-bond donors (Lipinski definition) is 2. The maximum absolute atomic E-state index is 13.5. The monoisotopic (exact) mass is 524 g/mol. The van der Waals surface area contributed by atoms with E-state index in [2.05, 4.69) is 0 Å². The topological polar surface area (TPSA) is 110 Å². The van der Waals surface area contributed by atoms with Gasteiger partial charge in [0, 0.05) is 24.1 Å². The van der Waals surface area contributed by atoms with Crippen molar-refractivity contribution in [1.29, 1.82) is 0 Å². The Hall–Kier alpha value is -4.20. The summed E-state index contributed by atoms with van der Waals surface area (Å²) < 4.78 is 18.1. The molecule has 0 amide bonds. The third-order valence-corrected chi connectivity index (χ3v) is 7.37. The maximum Gasteiger partial charge on any atom is 0.193 e. The Morgan fingerprint density at radius 2 is 1.72 bits per heavy atom. The predicted molar refractivity (Wildman–Crippen MR) is 147 cm³/mol. The lowest BCUT2D eigenvalue weighted by Crippen LogP contribution is -2.50. The third-order valence-electron chi connectivity index (χ3n) is 7.37. The average molecular weight is 525 g/mol. The Morgan fingerprint density at radius 1 is 0.897 bits per heavy atom. The second-order valence-electron chi connectivity index (χ2n) is 9.90. The van der Waals surface area contributed by atoms with Crippen molar-refractivity contribution < 1.29 is 23.8 Å². The molecule has 0 spiro atoms. The van der Waals surface area contributed by atoms with Gasteiger partial charge in [0.1, 0.15) is 34.7 Å². The van der Waals surface area contributed by atoms with E-state index in [-0.39, 0.29) is 27.9 Å². The first-order valence-corrected chi connectivity index (χ1v) is 13.1. The Kier molecular flexibility index (Phi) is 6.54. The fraction of sp³-hybridized carbons (Fsp3) is 0.250. The van der Waals surface area contributed by atoms with Crippen LogP contribution in [0, 0.1) is 0 Å². The Balaban J connectivity index is 1.45. The summed E-state index contributed by atoms with van der Waals surface area (Å²) in [4.78, 5) is 26.9. The van der Waals surface area contributed by atoms with Gasteiger partial charge in [-0.3, -0.25) is 9.59 Å². The van der Waals surface area contributed by atoms with E-state index < -0.39 is 29.7 Å². The zero-order valence-corrected chi connectivity index (χ0v) is 21.4. The van der Waals surface area contributed by atoms with Crippen LogP contribution in [0.25, 0.3) is 17.0 Å². The van der Waals surface area contributed by atoms with E-state index in [1.165, 1.54) is 12.1 Å². The van der Waals surface area contributed by atoms with Crippen molar-refractivity contribution in [2.75, 3.05) is 0 Å². The summed E-state index contributed by atoms with van der Waals surface area (Å²) in [6, 6.07) is 16.0. The molecule has 198 valence electrons. The lowest BCUT2D eigenvalue weighted by Gasteiger charge is -2.43. The second-order valence-corrected chi connectivity index (χ2v) is 9.90. The summed E-state index contributed by atoms with van der Waals surface area (Å²) >= 11 is 0. The summed E-state index contributed by atoms with van der Waals surface area (Å²) in [6.45, 7) is 2.01. The van der Waals surface area contributed by atoms with E-state index in [0.717, 1.165) is 12.0 Å². The first-order valence-electron chi connectivity index (χ1n) is 13.1. The van der Waals surface area contributed by atoms with Crippen LogP contribution in [0.15, 0.2) is 91.2 Å². The summed E-state index contributed by atoms with van der Waals surface area (Å²) in [5.74, 6) is 0.249. The number of fused-ring (bicyclic) bond motifs is 8. The minimum atomic E-state index is -1.36. The van der Waals surface area contributed by atoms with Crippen molar-refractivity contribution in [3.05, 3.63) is 127 Å². The molecule has 2 aromatic carbocycles. The Morgan fingerprint density at radius 3 is 2.51 bits per heavy atom. The normalized spacial score (nSPS) is 21.7. The minimum Gasteiger partial charge on any atom is -0.484 e. The van der Waals surface area contributed by atoms with Gasteiger partial charge in [-0.25, -0.2) is 0 Å². The zero-order chi connectivity index (χ0) is 27.1. The first-order chi connectivity index (χ1) is 19.0. The number of aryl methyl sites for hydroxylation is 2. The van der Waals surface area contributed by atoms with Crippen molar-refractivity contribution in [2.24, 2.45) is 0 Å². The number of ether oxygens (including phenoxy) is 1. The molecule has 2 aromatic heterocycles. The molecule has 7 heteroatoms. The van der Waals surface area contributed by atoms with Gasteiger partial charge < -0.3 is 23.8 Å². The van der Waals surface area contributed by atoms with Crippen LogP contribution in [-0.4, -0.2) is 22.4 Å². The highest BCUT2D eigenvalue weighted by Crippen LogP contribution is 2.50. The standard InChI is InChI=1S/C32H28O7/c1-2-3-4-8-11-19-16-22(34)26-28-27-24(39-32(29(28)35)30(36)31(26)38-19)15-14-23-25(27)21(33)17-20(37-23)13-12-18-9-6-5-7-10-18/h3-11,14-17,28-30,32,35-36H,2,12-13H2,1H3/b4-3-,11-8-. The number of benzene rings is 2. The summed E-state index contributed by atoms with van der Waals surface area (Å²) in [6.07, 6.45) is 5.61. The van der Waals surface area contributed by atoms with E-state index in [0.29, 0.717) is 35.5 Å². The zero-order valence-electron chi connectivity index (χ0n) is 21.4. The van der Waals surface area contributed by atoms with Crippen molar-refractivity contribution in [3.63, 3.8) is 0 Å². The highest BCUT2D eigenvalue weighted by Gasteiger charge is 2.51. The number of aliphatic hydroxyl groups excluding tert-OH is 2. The molecule has 0 fully saturated rings. The minimum absolute atomic E-state index is 0.0356. The van der Waals surface area contributed by atoms with Crippen LogP contribution in [0.4, 0.5) is 0 Å². The Bertz CT molecular complexity index is 1710. The lowest BCUT2D eigenvalue weighted by atomic mass is 9.73. The fourth-order valence-corrected chi connectivity index (χ4v) is 5.56.